The van der Waals surface area contributed by atoms with Crippen molar-refractivity contribution in [2.75, 3.05) is 20.6 Å². The van der Waals surface area contributed by atoms with E-state index < -0.39 is 5.97 Å². The molecule has 3 N–H and O–H groups in total. The molecule has 0 heterocycles. The maximum atomic E-state index is 10.3. The Morgan fingerprint density at radius 3 is 0.797 bits per heavy atom. The molecule has 0 aromatic heterocycles. The summed E-state index contributed by atoms with van der Waals surface area (Å²) in [4.78, 5) is 12.6. The van der Waals surface area contributed by atoms with Gasteiger partial charge < -0.3 is 15.7 Å². The van der Waals surface area contributed by atoms with Crippen molar-refractivity contribution in [3.05, 3.63) is 72.9 Å². The molecule has 0 aliphatic carbocycles. The van der Waals surface area contributed by atoms with Crippen LogP contribution in [0.25, 0.3) is 0 Å². The summed E-state index contributed by atoms with van der Waals surface area (Å²) in [5, 5.41) is 8.52. The highest BCUT2D eigenvalue weighted by Crippen LogP contribution is 2.17. The van der Waals surface area contributed by atoms with E-state index in [9.17, 15) is 4.79 Å². The quantitative estimate of drug-likeness (QED) is 0.0470. The van der Waals surface area contributed by atoms with Crippen LogP contribution in [0.4, 0.5) is 0 Å². The van der Waals surface area contributed by atoms with Crippen molar-refractivity contribution in [3.63, 3.8) is 0 Å². The number of unbranched alkanes of at least 4 members (excludes halogenated alkanes) is 41. The number of carboxylic acid groups (broad SMARTS) is 1. The Kier molecular flexibility index (Phi) is 79.9. The molecule has 79 heavy (non-hydrogen) atoms. The van der Waals surface area contributed by atoms with Crippen molar-refractivity contribution >= 4 is 5.97 Å². The molecule has 0 bridgehead atoms. The molecule has 0 saturated heterocycles. The highest BCUT2D eigenvalue weighted by atomic mass is 16.4. The predicted molar refractivity (Wildman–Crippen MR) is 361 cm³/mol. The highest BCUT2D eigenvalue weighted by Gasteiger charge is 2.03. The molecule has 0 aromatic carbocycles. The molecule has 0 spiro atoms. The SMILES string of the molecule is CCCCC/C=C\C/C=C\CCCCCCCCC(N)CCCCCCCC/C=C\C/C=C\CCCCC.CCCCC/C=C\C/C=C\CCCCCCCCN(C)C.CCCCCCCCCCCCCCCCCC(=O)O. The monoisotopic (exact) mass is 1110 g/mol. The number of nitrogens with two attached hydrogens (primary N) is 1. The number of hydrogen-bond acceptors (Lipinski definition) is 3. The molecule has 0 rings (SSSR count). The van der Waals surface area contributed by atoms with Gasteiger partial charge in [-0.2, -0.15) is 0 Å². The highest BCUT2D eigenvalue weighted by molar-refractivity contribution is 5.66. The van der Waals surface area contributed by atoms with Crippen molar-refractivity contribution in [1.29, 1.82) is 0 Å². The summed E-state index contributed by atoms with van der Waals surface area (Å²) in [6, 6.07) is 0.437. The number of nitrogens with zero attached hydrogens (tertiary/aromatic N) is 1. The van der Waals surface area contributed by atoms with Crippen LogP contribution in [0.15, 0.2) is 72.9 Å². The van der Waals surface area contributed by atoms with Crippen molar-refractivity contribution < 1.29 is 9.90 Å². The molecular weight excluding hydrogens is 961 g/mol. The maximum Gasteiger partial charge on any atom is 0.303 e. The summed E-state index contributed by atoms with van der Waals surface area (Å²) < 4.78 is 0. The number of carbonyl (C=O) groups is 1. The molecule has 4 heteroatoms. The average molecular weight is 1110 g/mol. The van der Waals surface area contributed by atoms with E-state index in [4.69, 9.17) is 10.8 Å². The first-order valence-corrected chi connectivity index (χ1v) is 35.4. The number of aliphatic carboxylic acids is 1. The second kappa shape index (κ2) is 77.9. The lowest BCUT2D eigenvalue weighted by Crippen LogP contribution is -2.19. The zero-order valence-electron chi connectivity index (χ0n) is 54.8. The largest absolute Gasteiger partial charge is 0.481 e. The van der Waals surface area contributed by atoms with Gasteiger partial charge in [-0.3, -0.25) is 4.79 Å². The average Bonchev–Trinajstić information content (AvgIpc) is 3.44. The van der Waals surface area contributed by atoms with Crippen LogP contribution < -0.4 is 5.73 Å². The number of hydrogen-bond donors (Lipinski definition) is 2. The molecule has 0 aliphatic heterocycles. The Hall–Kier alpha value is -2.17. The first kappa shape index (κ1) is 81.0. The van der Waals surface area contributed by atoms with E-state index in [-0.39, 0.29) is 0 Å². The van der Waals surface area contributed by atoms with Crippen molar-refractivity contribution in [3.8, 4) is 0 Å². The fourth-order valence-corrected chi connectivity index (χ4v) is 10.00. The molecule has 0 aliphatic rings. The second-order valence-corrected chi connectivity index (χ2v) is 24.0. The third kappa shape index (κ3) is 87.2. The van der Waals surface area contributed by atoms with Crippen molar-refractivity contribution in [2.24, 2.45) is 5.73 Å². The maximum absolute atomic E-state index is 10.3. The predicted octanol–water partition coefficient (Wildman–Crippen LogP) is 25.4. The Labute approximate surface area is 498 Å². The number of rotatable bonds is 61. The van der Waals surface area contributed by atoms with Gasteiger partial charge in [-0.15, -0.1) is 0 Å². The smallest absolute Gasteiger partial charge is 0.303 e. The molecule has 0 aromatic rings. The van der Waals surface area contributed by atoms with E-state index in [0.29, 0.717) is 12.5 Å². The van der Waals surface area contributed by atoms with Gasteiger partial charge in [0.15, 0.2) is 0 Å². The van der Waals surface area contributed by atoms with Gasteiger partial charge in [-0.25, -0.2) is 0 Å². The Morgan fingerprint density at radius 2 is 0.532 bits per heavy atom. The van der Waals surface area contributed by atoms with E-state index in [1.165, 1.54) is 315 Å². The lowest BCUT2D eigenvalue weighted by atomic mass is 10.0. The van der Waals surface area contributed by atoms with Crippen LogP contribution in [0.3, 0.4) is 0 Å². The topological polar surface area (TPSA) is 66.6 Å². The summed E-state index contributed by atoms with van der Waals surface area (Å²) >= 11 is 0. The summed E-state index contributed by atoms with van der Waals surface area (Å²) in [6.45, 7) is 10.3. The van der Waals surface area contributed by atoms with E-state index in [1.54, 1.807) is 0 Å². The summed E-state index contributed by atoms with van der Waals surface area (Å²) in [6.07, 6.45) is 98.6. The van der Waals surface area contributed by atoms with Gasteiger partial charge in [-0.05, 0) is 143 Å². The van der Waals surface area contributed by atoms with E-state index >= 15 is 0 Å². The van der Waals surface area contributed by atoms with Gasteiger partial charge in [0.1, 0.15) is 0 Å². The molecule has 0 atom stereocenters. The van der Waals surface area contributed by atoms with Crippen LogP contribution in [-0.4, -0.2) is 42.7 Å². The van der Waals surface area contributed by atoms with Gasteiger partial charge in [0.2, 0.25) is 0 Å². The van der Waals surface area contributed by atoms with E-state index in [2.05, 4.69) is 120 Å². The fraction of sp³-hybridized carbons (Fsp3) is 0.827. The molecule has 0 saturated carbocycles. The zero-order valence-corrected chi connectivity index (χ0v) is 54.8. The lowest BCUT2D eigenvalue weighted by molar-refractivity contribution is -0.137. The van der Waals surface area contributed by atoms with Crippen molar-refractivity contribution in [2.45, 2.75) is 380 Å². The molecule has 4 nitrogen and oxygen atoms in total. The van der Waals surface area contributed by atoms with Gasteiger partial charge in [0.25, 0.3) is 0 Å². The first-order valence-electron chi connectivity index (χ1n) is 35.4. The fourth-order valence-electron chi connectivity index (χ4n) is 10.00. The minimum absolute atomic E-state index is 0.345. The second-order valence-electron chi connectivity index (χ2n) is 24.0. The Balaban J connectivity index is -0.00000119. The van der Waals surface area contributed by atoms with Crippen LogP contribution in [0, 0.1) is 0 Å². The number of carboxylic acids is 1. The van der Waals surface area contributed by atoms with E-state index in [1.807, 2.05) is 0 Å². The lowest BCUT2D eigenvalue weighted by Gasteiger charge is -2.11. The van der Waals surface area contributed by atoms with Gasteiger partial charge in [0.05, 0.1) is 0 Å². The van der Waals surface area contributed by atoms with Crippen LogP contribution >= 0.6 is 0 Å². The minimum Gasteiger partial charge on any atom is -0.481 e. The van der Waals surface area contributed by atoms with Crippen LogP contribution in [-0.2, 0) is 4.79 Å². The third-order valence-corrected chi connectivity index (χ3v) is 15.4. The molecule has 0 fully saturated rings. The summed E-state index contributed by atoms with van der Waals surface area (Å²) in [7, 11) is 4.32. The van der Waals surface area contributed by atoms with Crippen LogP contribution in [0.1, 0.15) is 374 Å². The van der Waals surface area contributed by atoms with Crippen molar-refractivity contribution in [1.82, 2.24) is 4.90 Å². The Bertz CT molecular complexity index is 1230. The molecule has 0 radical (unpaired) electrons. The molecule has 0 unspecified atom stereocenters. The summed E-state index contributed by atoms with van der Waals surface area (Å²) in [5.74, 6) is -0.653. The zero-order chi connectivity index (χ0) is 58.1. The standard InChI is InChI=1S/C37H69N.C20H39N.C18H36O2/c1-3-5-7-9-11-13-15-17-19-21-23-25-27-29-31-33-35-37(38)36-34-32-30-28-26-24-22-20-18-16-14-12-10-8-6-4-2;1-4-5-6-7-8-9-10-11-12-13-14-15-16-17-18-19-20-21(2)3;1-2-3-4-5-6-7-8-9-10-11-12-13-14-15-16-17-18(19)20/h11-14,17-20,37H,3-10,15-16,21-36,38H2,1-2H3;8-9,11-12H,4-7,10,13-20H2,1-3H3;2-17H2,1H3,(H,19,20)/b13-11-,14-12-,19-17-,20-18-;9-8-,12-11-;. The summed E-state index contributed by atoms with van der Waals surface area (Å²) in [5.41, 5.74) is 6.37. The van der Waals surface area contributed by atoms with Gasteiger partial charge in [-0.1, -0.05) is 319 Å². The van der Waals surface area contributed by atoms with Gasteiger partial charge >= 0.3 is 5.97 Å². The molecular formula is C75H144N2O2. The molecule has 0 amide bonds. The molecule has 466 valence electrons. The van der Waals surface area contributed by atoms with Crippen LogP contribution in [0.2, 0.25) is 0 Å². The normalized spacial score (nSPS) is 12.0. The Morgan fingerprint density at radius 1 is 0.316 bits per heavy atom. The van der Waals surface area contributed by atoms with Crippen LogP contribution in [0.5, 0.6) is 0 Å². The number of allylic oxidation sites excluding steroid dienone is 12. The first-order chi connectivity index (χ1) is 38.8. The minimum atomic E-state index is -0.653. The third-order valence-electron chi connectivity index (χ3n) is 15.4. The van der Waals surface area contributed by atoms with Gasteiger partial charge in [0, 0.05) is 12.5 Å². The van der Waals surface area contributed by atoms with E-state index in [0.717, 1.165) is 32.1 Å².